The minimum atomic E-state index is -4.29. The van der Waals surface area contributed by atoms with Gasteiger partial charge in [0.1, 0.15) is 0 Å². The number of piperidine rings is 2. The lowest BCUT2D eigenvalue weighted by Crippen LogP contribution is -2.62. The Morgan fingerprint density at radius 2 is 1.62 bits per heavy atom. The van der Waals surface area contributed by atoms with Crippen molar-refractivity contribution in [2.75, 3.05) is 53.4 Å². The maximum atomic E-state index is 12.7. The molecule has 0 unspecified atom stereocenters. The first kappa shape index (κ1) is 27.2. The Balaban J connectivity index is 0.00000363. The minimum Gasteiger partial charge on any atom is -0.356 e. The number of halogens is 4. The average molecular weight is 567 g/mol. The number of benzene rings is 1. The molecule has 182 valence electrons. The highest BCUT2D eigenvalue weighted by molar-refractivity contribution is 14.0. The average Bonchev–Trinajstić information content (AvgIpc) is 2.78. The maximum absolute atomic E-state index is 12.7. The zero-order valence-electron chi connectivity index (χ0n) is 19.2. The lowest BCUT2D eigenvalue weighted by atomic mass is 9.84. The topological polar surface area (TPSA) is 42.9 Å². The van der Waals surface area contributed by atoms with Crippen molar-refractivity contribution in [3.05, 3.63) is 35.4 Å². The van der Waals surface area contributed by atoms with Crippen LogP contribution in [0, 0.1) is 0 Å². The summed E-state index contributed by atoms with van der Waals surface area (Å²) in [5.74, 6) is 0.752. The smallest absolute Gasteiger partial charge is 0.356 e. The number of nitrogens with zero attached hydrogens (tertiary/aromatic N) is 3. The molecule has 0 aromatic heterocycles. The van der Waals surface area contributed by atoms with Gasteiger partial charge in [0.2, 0.25) is 0 Å². The fourth-order valence-electron chi connectivity index (χ4n) is 4.66. The maximum Gasteiger partial charge on any atom is 0.416 e. The standard InChI is InChI=1S/C23H36F3N5.HI/c1-27-21(28-13-10-19-6-8-20(9-7-19)23(24,25)26)29-18-22(11-16-30(2)17-12-22)31-14-4-3-5-15-31;/h6-9H,3-5,10-18H2,1-2H3,(H2,27,28,29);1H. The molecular formula is C23H37F3IN5. The van der Waals surface area contributed by atoms with Crippen LogP contribution in [-0.2, 0) is 12.6 Å². The zero-order valence-corrected chi connectivity index (χ0v) is 21.5. The van der Waals surface area contributed by atoms with E-state index < -0.39 is 11.7 Å². The molecule has 32 heavy (non-hydrogen) atoms. The van der Waals surface area contributed by atoms with Gasteiger partial charge in [0.25, 0.3) is 0 Å². The predicted molar refractivity (Wildman–Crippen MR) is 135 cm³/mol. The van der Waals surface area contributed by atoms with E-state index in [9.17, 15) is 13.2 Å². The molecule has 0 saturated carbocycles. The number of guanidine groups is 1. The SMILES string of the molecule is CN=C(NCCc1ccc(C(F)(F)F)cc1)NCC1(N2CCCCC2)CCN(C)CC1.I. The molecule has 3 rings (SSSR count). The van der Waals surface area contributed by atoms with Crippen LogP contribution in [0.2, 0.25) is 0 Å². The van der Waals surface area contributed by atoms with E-state index in [4.69, 9.17) is 0 Å². The molecule has 0 spiro atoms. The predicted octanol–water partition coefficient (Wildman–Crippen LogP) is 3.98. The second-order valence-electron chi connectivity index (χ2n) is 8.87. The molecule has 2 N–H and O–H groups in total. The number of hydrogen-bond donors (Lipinski definition) is 2. The largest absolute Gasteiger partial charge is 0.416 e. The normalized spacial score (nSPS) is 20.5. The van der Waals surface area contributed by atoms with Crippen LogP contribution in [-0.4, -0.2) is 74.7 Å². The van der Waals surface area contributed by atoms with Crippen molar-refractivity contribution in [2.45, 2.75) is 50.2 Å². The molecule has 2 aliphatic heterocycles. The van der Waals surface area contributed by atoms with Gasteiger partial charge in [-0.05, 0) is 83.0 Å². The molecule has 0 bridgehead atoms. The molecule has 1 aromatic carbocycles. The summed E-state index contributed by atoms with van der Waals surface area (Å²) in [7, 11) is 3.95. The lowest BCUT2D eigenvalue weighted by Gasteiger charge is -2.50. The molecule has 0 atom stereocenters. The highest BCUT2D eigenvalue weighted by Gasteiger charge is 2.39. The van der Waals surface area contributed by atoms with Gasteiger partial charge in [0.05, 0.1) is 5.56 Å². The molecule has 2 aliphatic rings. The first-order chi connectivity index (χ1) is 14.8. The van der Waals surface area contributed by atoms with Crippen LogP contribution in [0.5, 0.6) is 0 Å². The van der Waals surface area contributed by atoms with Crippen LogP contribution in [0.3, 0.4) is 0 Å². The van der Waals surface area contributed by atoms with Crippen LogP contribution in [0.15, 0.2) is 29.3 Å². The Morgan fingerprint density at radius 3 is 2.19 bits per heavy atom. The third-order valence-electron chi connectivity index (χ3n) is 6.74. The fourth-order valence-corrected chi connectivity index (χ4v) is 4.66. The van der Waals surface area contributed by atoms with Crippen molar-refractivity contribution < 1.29 is 13.2 Å². The summed E-state index contributed by atoms with van der Waals surface area (Å²) in [6, 6.07) is 5.38. The fraction of sp³-hybridized carbons (Fsp3) is 0.696. The highest BCUT2D eigenvalue weighted by atomic mass is 127. The van der Waals surface area contributed by atoms with Crippen molar-refractivity contribution in [3.63, 3.8) is 0 Å². The molecule has 2 saturated heterocycles. The first-order valence-corrected chi connectivity index (χ1v) is 11.4. The van der Waals surface area contributed by atoms with E-state index in [1.54, 1.807) is 19.2 Å². The lowest BCUT2D eigenvalue weighted by molar-refractivity contribution is -0.137. The van der Waals surface area contributed by atoms with E-state index in [2.05, 4.69) is 32.5 Å². The molecular weight excluding hydrogens is 530 g/mol. The van der Waals surface area contributed by atoms with E-state index in [0.29, 0.717) is 13.0 Å². The number of likely N-dealkylation sites (tertiary alicyclic amines) is 2. The van der Waals surface area contributed by atoms with Crippen molar-refractivity contribution in [1.29, 1.82) is 0 Å². The van der Waals surface area contributed by atoms with Gasteiger partial charge in [-0.15, -0.1) is 24.0 Å². The van der Waals surface area contributed by atoms with E-state index in [-0.39, 0.29) is 29.5 Å². The summed E-state index contributed by atoms with van der Waals surface area (Å²) >= 11 is 0. The van der Waals surface area contributed by atoms with E-state index in [1.165, 1.54) is 32.4 Å². The molecule has 2 fully saturated rings. The molecule has 0 aliphatic carbocycles. The summed E-state index contributed by atoms with van der Waals surface area (Å²) in [5.41, 5.74) is 0.428. The van der Waals surface area contributed by atoms with Gasteiger partial charge in [-0.3, -0.25) is 9.89 Å². The van der Waals surface area contributed by atoms with Gasteiger partial charge in [-0.1, -0.05) is 18.6 Å². The Kier molecular flexibility index (Phi) is 10.5. The van der Waals surface area contributed by atoms with Crippen molar-refractivity contribution in [3.8, 4) is 0 Å². The van der Waals surface area contributed by atoms with Gasteiger partial charge < -0.3 is 15.5 Å². The molecule has 0 amide bonds. The van der Waals surface area contributed by atoms with Crippen LogP contribution >= 0.6 is 24.0 Å². The highest BCUT2D eigenvalue weighted by Crippen LogP contribution is 2.31. The molecule has 1 aromatic rings. The van der Waals surface area contributed by atoms with Crippen molar-refractivity contribution >= 4 is 29.9 Å². The summed E-state index contributed by atoms with van der Waals surface area (Å²) in [4.78, 5) is 9.45. The van der Waals surface area contributed by atoms with Crippen molar-refractivity contribution in [1.82, 2.24) is 20.4 Å². The van der Waals surface area contributed by atoms with Gasteiger partial charge in [-0.2, -0.15) is 13.2 Å². The van der Waals surface area contributed by atoms with Crippen LogP contribution in [0.4, 0.5) is 13.2 Å². The van der Waals surface area contributed by atoms with Crippen LogP contribution < -0.4 is 10.6 Å². The Labute approximate surface area is 207 Å². The summed E-state index contributed by atoms with van der Waals surface area (Å²) in [6.07, 6.45) is 2.53. The van der Waals surface area contributed by atoms with Crippen LogP contribution in [0.25, 0.3) is 0 Å². The summed E-state index contributed by atoms with van der Waals surface area (Å²) in [5, 5.41) is 6.86. The Hall–Kier alpha value is -1.07. The number of rotatable bonds is 6. The third-order valence-corrected chi connectivity index (χ3v) is 6.74. The second kappa shape index (κ2) is 12.4. The number of aliphatic imine (C=N–C) groups is 1. The molecule has 0 radical (unpaired) electrons. The molecule has 5 nitrogen and oxygen atoms in total. The first-order valence-electron chi connectivity index (χ1n) is 11.4. The second-order valence-corrected chi connectivity index (χ2v) is 8.87. The van der Waals surface area contributed by atoms with Crippen LogP contribution in [0.1, 0.15) is 43.2 Å². The summed E-state index contributed by atoms with van der Waals surface area (Å²) in [6.45, 7) is 6.04. The third kappa shape index (κ3) is 7.48. The van der Waals surface area contributed by atoms with Gasteiger partial charge in [0, 0.05) is 25.7 Å². The van der Waals surface area contributed by atoms with Gasteiger partial charge in [0.15, 0.2) is 5.96 Å². The van der Waals surface area contributed by atoms with E-state index >= 15 is 0 Å². The summed E-state index contributed by atoms with van der Waals surface area (Å²) < 4.78 is 38.1. The number of hydrogen-bond acceptors (Lipinski definition) is 3. The Bertz CT molecular complexity index is 709. The number of alkyl halides is 3. The van der Waals surface area contributed by atoms with E-state index in [0.717, 1.165) is 56.1 Å². The van der Waals surface area contributed by atoms with Gasteiger partial charge >= 0.3 is 6.18 Å². The monoisotopic (exact) mass is 567 g/mol. The quantitative estimate of drug-likeness (QED) is 0.310. The molecule has 2 heterocycles. The molecule has 9 heteroatoms. The van der Waals surface area contributed by atoms with Gasteiger partial charge in [-0.25, -0.2) is 0 Å². The number of nitrogens with one attached hydrogen (secondary N) is 2. The minimum absolute atomic E-state index is 0. The zero-order chi connectivity index (χ0) is 22.3. The van der Waals surface area contributed by atoms with Crippen molar-refractivity contribution in [2.24, 2.45) is 4.99 Å². The van der Waals surface area contributed by atoms with E-state index in [1.807, 2.05) is 0 Å². The Morgan fingerprint density at radius 1 is 1.00 bits per heavy atom.